The smallest absolute Gasteiger partial charge is 0.338 e. The number of hydrogen-bond donors (Lipinski definition) is 1. The summed E-state index contributed by atoms with van der Waals surface area (Å²) in [5.74, 6) is 0.528. The van der Waals surface area contributed by atoms with Crippen molar-refractivity contribution in [2.24, 2.45) is 0 Å². The average molecular weight is 329 g/mol. The summed E-state index contributed by atoms with van der Waals surface area (Å²) in [4.78, 5) is 11.7. The molecule has 0 atom stereocenters. The van der Waals surface area contributed by atoms with Crippen molar-refractivity contribution in [3.05, 3.63) is 90.8 Å². The van der Waals surface area contributed by atoms with Gasteiger partial charge in [0.15, 0.2) is 0 Å². The van der Waals surface area contributed by atoms with Crippen LogP contribution in [0.15, 0.2) is 85.2 Å². The van der Waals surface area contributed by atoms with Gasteiger partial charge in [0.25, 0.3) is 0 Å². The topological polar surface area (TPSA) is 50.9 Å². The van der Waals surface area contributed by atoms with Crippen LogP contribution in [-0.2, 0) is 0 Å². The standard InChI is InChI=1S/C21H15NO3/c23-21(24)20-18(14-22-13-5-4-8-19(20)22)15-9-11-17(12-10-15)25-16-6-2-1-3-7-16/h1-14H,(H,23,24). The van der Waals surface area contributed by atoms with Crippen LogP contribution >= 0.6 is 0 Å². The molecule has 122 valence electrons. The molecule has 0 aliphatic rings. The number of fused-ring (bicyclic) bond motifs is 1. The van der Waals surface area contributed by atoms with E-state index < -0.39 is 5.97 Å². The van der Waals surface area contributed by atoms with E-state index in [9.17, 15) is 9.90 Å². The zero-order chi connectivity index (χ0) is 17.2. The van der Waals surface area contributed by atoms with Crippen molar-refractivity contribution in [1.29, 1.82) is 0 Å². The first kappa shape index (κ1) is 15.0. The largest absolute Gasteiger partial charge is 0.478 e. The molecule has 4 aromatic rings. The first-order valence-corrected chi connectivity index (χ1v) is 7.89. The third-order valence-corrected chi connectivity index (χ3v) is 4.04. The van der Waals surface area contributed by atoms with Crippen molar-refractivity contribution in [3.8, 4) is 22.6 Å². The van der Waals surface area contributed by atoms with Crippen molar-refractivity contribution in [1.82, 2.24) is 4.40 Å². The molecule has 4 rings (SSSR count). The normalized spacial score (nSPS) is 10.7. The minimum atomic E-state index is -0.937. The van der Waals surface area contributed by atoms with Crippen LogP contribution in [-0.4, -0.2) is 15.5 Å². The highest BCUT2D eigenvalue weighted by molar-refractivity contribution is 6.03. The zero-order valence-electron chi connectivity index (χ0n) is 13.3. The Morgan fingerprint density at radius 1 is 0.840 bits per heavy atom. The second-order valence-electron chi connectivity index (χ2n) is 5.66. The quantitative estimate of drug-likeness (QED) is 0.567. The Hall–Kier alpha value is -3.53. The van der Waals surface area contributed by atoms with E-state index in [0.29, 0.717) is 22.4 Å². The molecule has 2 aromatic carbocycles. The van der Waals surface area contributed by atoms with Gasteiger partial charge in [-0.1, -0.05) is 36.4 Å². The highest BCUT2D eigenvalue weighted by atomic mass is 16.5. The van der Waals surface area contributed by atoms with Gasteiger partial charge in [-0.25, -0.2) is 4.79 Å². The molecule has 0 saturated carbocycles. The summed E-state index contributed by atoms with van der Waals surface area (Å²) < 4.78 is 7.61. The van der Waals surface area contributed by atoms with E-state index in [2.05, 4.69) is 0 Å². The number of nitrogens with zero attached hydrogens (tertiary/aromatic N) is 1. The molecule has 0 saturated heterocycles. The number of rotatable bonds is 4. The predicted molar refractivity (Wildman–Crippen MR) is 96.3 cm³/mol. The number of carbonyl (C=O) groups is 1. The van der Waals surface area contributed by atoms with E-state index >= 15 is 0 Å². The highest BCUT2D eigenvalue weighted by Gasteiger charge is 2.18. The van der Waals surface area contributed by atoms with Crippen LogP contribution in [0.3, 0.4) is 0 Å². The van der Waals surface area contributed by atoms with Crippen molar-refractivity contribution in [2.45, 2.75) is 0 Å². The number of benzene rings is 2. The fraction of sp³-hybridized carbons (Fsp3) is 0. The van der Waals surface area contributed by atoms with Crippen molar-refractivity contribution >= 4 is 11.5 Å². The van der Waals surface area contributed by atoms with Gasteiger partial charge in [-0.15, -0.1) is 0 Å². The molecule has 0 bridgehead atoms. The van der Waals surface area contributed by atoms with E-state index in [0.717, 1.165) is 11.3 Å². The second-order valence-corrected chi connectivity index (χ2v) is 5.66. The van der Waals surface area contributed by atoms with Crippen molar-refractivity contribution < 1.29 is 14.6 Å². The fourth-order valence-electron chi connectivity index (χ4n) is 2.89. The lowest BCUT2D eigenvalue weighted by atomic mass is 10.0. The molecule has 0 aliphatic heterocycles. The van der Waals surface area contributed by atoms with Crippen LogP contribution in [0.5, 0.6) is 11.5 Å². The van der Waals surface area contributed by atoms with E-state index in [1.165, 1.54) is 0 Å². The van der Waals surface area contributed by atoms with E-state index in [-0.39, 0.29) is 0 Å². The molecule has 0 fully saturated rings. The van der Waals surface area contributed by atoms with E-state index in [4.69, 9.17) is 4.74 Å². The highest BCUT2D eigenvalue weighted by Crippen LogP contribution is 2.31. The van der Waals surface area contributed by atoms with Gasteiger partial charge in [0, 0.05) is 18.0 Å². The predicted octanol–water partition coefficient (Wildman–Crippen LogP) is 5.10. The summed E-state index contributed by atoms with van der Waals surface area (Å²) in [7, 11) is 0. The maximum atomic E-state index is 11.7. The summed E-state index contributed by atoms with van der Waals surface area (Å²) in [6.07, 6.45) is 3.68. The van der Waals surface area contributed by atoms with Gasteiger partial charge >= 0.3 is 5.97 Å². The second kappa shape index (κ2) is 6.17. The molecule has 2 aromatic heterocycles. The van der Waals surface area contributed by atoms with Gasteiger partial charge in [-0.3, -0.25) is 0 Å². The molecule has 4 nitrogen and oxygen atoms in total. The lowest BCUT2D eigenvalue weighted by Crippen LogP contribution is -1.97. The van der Waals surface area contributed by atoms with Crippen LogP contribution < -0.4 is 4.74 Å². The maximum absolute atomic E-state index is 11.7. The third kappa shape index (κ3) is 2.85. The Bertz CT molecular complexity index is 1030. The van der Waals surface area contributed by atoms with Crippen molar-refractivity contribution in [2.75, 3.05) is 0 Å². The molecule has 0 aliphatic carbocycles. The van der Waals surface area contributed by atoms with Gasteiger partial charge in [0.1, 0.15) is 11.5 Å². The van der Waals surface area contributed by atoms with Crippen LogP contribution in [0.1, 0.15) is 10.4 Å². The lowest BCUT2D eigenvalue weighted by molar-refractivity contribution is 0.0700. The number of carboxylic acid groups (broad SMARTS) is 1. The molecule has 0 radical (unpaired) electrons. The Labute approximate surface area is 144 Å². The SMILES string of the molecule is O=C(O)c1c(-c2ccc(Oc3ccccc3)cc2)cn2ccccc12. The molecule has 2 heterocycles. The molecule has 0 spiro atoms. The van der Waals surface area contributed by atoms with E-state index in [1.807, 2.05) is 83.5 Å². The number of carboxylic acids is 1. The summed E-state index contributed by atoms with van der Waals surface area (Å²) >= 11 is 0. The molecular weight excluding hydrogens is 314 g/mol. The number of aromatic carboxylic acids is 1. The Kier molecular flexibility index (Phi) is 3.71. The van der Waals surface area contributed by atoms with Gasteiger partial charge in [0.2, 0.25) is 0 Å². The molecule has 1 N–H and O–H groups in total. The molecular formula is C21H15NO3. The van der Waals surface area contributed by atoms with Gasteiger partial charge < -0.3 is 14.2 Å². The Morgan fingerprint density at radius 2 is 1.52 bits per heavy atom. The summed E-state index contributed by atoms with van der Waals surface area (Å²) in [5, 5.41) is 9.63. The maximum Gasteiger partial charge on any atom is 0.338 e. The first-order chi connectivity index (χ1) is 12.2. The van der Waals surface area contributed by atoms with Crippen LogP contribution in [0.25, 0.3) is 16.6 Å². The minimum Gasteiger partial charge on any atom is -0.478 e. The van der Waals surface area contributed by atoms with Crippen molar-refractivity contribution in [3.63, 3.8) is 0 Å². The summed E-state index contributed by atoms with van der Waals surface area (Å²) in [6.45, 7) is 0. The molecule has 4 heteroatoms. The average Bonchev–Trinajstić information content (AvgIpc) is 3.03. The summed E-state index contributed by atoms with van der Waals surface area (Å²) in [5.41, 5.74) is 2.50. The molecule has 25 heavy (non-hydrogen) atoms. The van der Waals surface area contributed by atoms with Crippen LogP contribution in [0.2, 0.25) is 0 Å². The third-order valence-electron chi connectivity index (χ3n) is 4.04. The zero-order valence-corrected chi connectivity index (χ0v) is 13.3. The number of para-hydroxylation sites is 1. The number of hydrogen-bond acceptors (Lipinski definition) is 2. The first-order valence-electron chi connectivity index (χ1n) is 7.89. The van der Waals surface area contributed by atoms with E-state index in [1.54, 1.807) is 6.07 Å². The monoisotopic (exact) mass is 329 g/mol. The van der Waals surface area contributed by atoms with Gasteiger partial charge in [-0.2, -0.15) is 0 Å². The number of ether oxygens (including phenoxy) is 1. The lowest BCUT2D eigenvalue weighted by Gasteiger charge is -2.06. The fourth-order valence-corrected chi connectivity index (χ4v) is 2.89. The number of aromatic nitrogens is 1. The van der Waals surface area contributed by atoms with Crippen LogP contribution in [0.4, 0.5) is 0 Å². The van der Waals surface area contributed by atoms with Gasteiger partial charge in [-0.05, 0) is 42.0 Å². The summed E-state index contributed by atoms with van der Waals surface area (Å²) in [6, 6.07) is 22.5. The molecule has 0 unspecified atom stereocenters. The Morgan fingerprint density at radius 3 is 2.24 bits per heavy atom. The molecule has 0 amide bonds. The number of pyridine rings is 1. The van der Waals surface area contributed by atoms with Crippen LogP contribution in [0, 0.1) is 0 Å². The van der Waals surface area contributed by atoms with Gasteiger partial charge in [0.05, 0.1) is 11.1 Å². The Balaban J connectivity index is 1.72. The minimum absolute atomic E-state index is 0.303.